The fraction of sp³-hybridized carbons (Fsp3) is 0.471. The summed E-state index contributed by atoms with van der Waals surface area (Å²) >= 11 is 5.78. The number of carboxylic acids is 1. The molecule has 8 heteroatoms. The SMILES string of the molecule is CC(C)CC(=O)OCOC(=O)NCCC(C(=O)O)c1ccc(Cl)cc1. The number of hydrogen-bond donors (Lipinski definition) is 2. The number of hydrogen-bond acceptors (Lipinski definition) is 5. The van der Waals surface area contributed by atoms with Gasteiger partial charge in [0.15, 0.2) is 0 Å². The summed E-state index contributed by atoms with van der Waals surface area (Å²) in [5.74, 6) is -2.07. The van der Waals surface area contributed by atoms with Crippen molar-refractivity contribution in [3.8, 4) is 0 Å². The number of halogens is 1. The van der Waals surface area contributed by atoms with Crippen LogP contribution in [0.2, 0.25) is 5.02 Å². The lowest BCUT2D eigenvalue weighted by atomic mass is 9.96. The molecule has 0 bridgehead atoms. The smallest absolute Gasteiger partial charge is 0.410 e. The molecule has 138 valence electrons. The number of alkyl carbamates (subject to hydrolysis) is 1. The predicted octanol–water partition coefficient (Wildman–Crippen LogP) is 3.17. The molecule has 0 saturated carbocycles. The zero-order chi connectivity index (χ0) is 18.8. The van der Waals surface area contributed by atoms with Crippen molar-refractivity contribution in [2.45, 2.75) is 32.6 Å². The zero-order valence-electron chi connectivity index (χ0n) is 14.2. The van der Waals surface area contributed by atoms with Gasteiger partial charge in [0.1, 0.15) is 0 Å². The van der Waals surface area contributed by atoms with Crippen molar-refractivity contribution in [2.24, 2.45) is 5.92 Å². The number of carbonyl (C=O) groups is 3. The first-order valence-electron chi connectivity index (χ1n) is 7.84. The summed E-state index contributed by atoms with van der Waals surface area (Å²) in [4.78, 5) is 34.1. The minimum absolute atomic E-state index is 0.0956. The molecule has 1 aromatic carbocycles. The molecule has 0 heterocycles. The summed E-state index contributed by atoms with van der Waals surface area (Å²) in [6.07, 6.45) is -0.358. The van der Waals surface area contributed by atoms with Crippen LogP contribution in [0.4, 0.5) is 4.79 Å². The Kier molecular flexibility index (Phi) is 8.77. The molecule has 0 aromatic heterocycles. The minimum Gasteiger partial charge on any atom is -0.481 e. The van der Waals surface area contributed by atoms with Gasteiger partial charge in [-0.05, 0) is 30.0 Å². The number of carbonyl (C=O) groups excluding carboxylic acids is 2. The van der Waals surface area contributed by atoms with Gasteiger partial charge in [0.25, 0.3) is 0 Å². The standard InChI is InChI=1S/C17H22ClNO6/c1-11(2)9-15(20)24-10-25-17(23)19-8-7-14(16(21)22)12-3-5-13(18)6-4-12/h3-6,11,14H,7-10H2,1-2H3,(H,19,23)(H,21,22). The Hall–Kier alpha value is -2.28. The molecule has 1 atom stereocenters. The summed E-state index contributed by atoms with van der Waals surface area (Å²) in [5.41, 5.74) is 0.592. The lowest BCUT2D eigenvalue weighted by molar-refractivity contribution is -0.152. The zero-order valence-corrected chi connectivity index (χ0v) is 14.9. The highest BCUT2D eigenvalue weighted by Crippen LogP contribution is 2.21. The molecule has 0 aliphatic carbocycles. The van der Waals surface area contributed by atoms with E-state index in [1.54, 1.807) is 24.3 Å². The lowest BCUT2D eigenvalue weighted by Gasteiger charge is -2.13. The van der Waals surface area contributed by atoms with Crippen molar-refractivity contribution in [2.75, 3.05) is 13.3 Å². The highest BCUT2D eigenvalue weighted by Gasteiger charge is 2.20. The van der Waals surface area contributed by atoms with Crippen LogP contribution in [0.5, 0.6) is 0 Å². The van der Waals surface area contributed by atoms with Gasteiger partial charge in [-0.1, -0.05) is 37.6 Å². The second-order valence-electron chi connectivity index (χ2n) is 5.82. The number of rotatable bonds is 9. The van der Waals surface area contributed by atoms with Gasteiger partial charge < -0.3 is 19.9 Å². The van der Waals surface area contributed by atoms with Gasteiger partial charge >= 0.3 is 18.0 Å². The topological polar surface area (TPSA) is 102 Å². The fourth-order valence-electron chi connectivity index (χ4n) is 2.04. The highest BCUT2D eigenvalue weighted by molar-refractivity contribution is 6.30. The number of ether oxygens (including phenoxy) is 2. The maximum atomic E-state index is 11.5. The van der Waals surface area contributed by atoms with Crippen molar-refractivity contribution in [1.82, 2.24) is 5.32 Å². The molecule has 1 rings (SSSR count). The average molecular weight is 372 g/mol. The molecule has 0 fully saturated rings. The average Bonchev–Trinajstić information content (AvgIpc) is 2.51. The van der Waals surface area contributed by atoms with Gasteiger partial charge in [-0.15, -0.1) is 0 Å². The van der Waals surface area contributed by atoms with E-state index in [9.17, 15) is 19.5 Å². The third-order valence-electron chi connectivity index (χ3n) is 3.26. The van der Waals surface area contributed by atoms with Crippen molar-refractivity contribution in [3.05, 3.63) is 34.9 Å². The Labute approximate surface area is 151 Å². The van der Waals surface area contributed by atoms with Crippen molar-refractivity contribution < 1.29 is 29.0 Å². The molecular formula is C17H22ClNO6. The quantitative estimate of drug-likeness (QED) is 0.510. The lowest BCUT2D eigenvalue weighted by Crippen LogP contribution is -2.29. The van der Waals surface area contributed by atoms with Crippen LogP contribution in [-0.2, 0) is 19.1 Å². The van der Waals surface area contributed by atoms with Crippen LogP contribution in [0.3, 0.4) is 0 Å². The first-order valence-corrected chi connectivity index (χ1v) is 8.22. The normalized spacial score (nSPS) is 11.7. The second-order valence-corrected chi connectivity index (χ2v) is 6.26. The Bertz CT molecular complexity index is 587. The molecule has 2 N–H and O–H groups in total. The number of benzene rings is 1. The van der Waals surface area contributed by atoms with Gasteiger partial charge in [-0.25, -0.2) is 4.79 Å². The number of nitrogens with one attached hydrogen (secondary N) is 1. The molecule has 0 aliphatic heterocycles. The third-order valence-corrected chi connectivity index (χ3v) is 3.51. The van der Waals surface area contributed by atoms with Crippen LogP contribution in [-0.4, -0.2) is 36.5 Å². The minimum atomic E-state index is -1.000. The molecule has 0 radical (unpaired) electrons. The first-order chi connectivity index (χ1) is 11.8. The van der Waals surface area contributed by atoms with Gasteiger partial charge in [0.2, 0.25) is 6.79 Å². The summed E-state index contributed by atoms with van der Waals surface area (Å²) in [7, 11) is 0. The van der Waals surface area contributed by atoms with E-state index in [-0.39, 0.29) is 25.3 Å². The van der Waals surface area contributed by atoms with Crippen molar-refractivity contribution >= 4 is 29.6 Å². The molecule has 1 unspecified atom stereocenters. The van der Waals surface area contributed by atoms with Gasteiger partial charge in [0.05, 0.1) is 5.92 Å². The number of esters is 1. The summed E-state index contributed by atoms with van der Waals surface area (Å²) < 4.78 is 9.44. The number of amides is 1. The summed E-state index contributed by atoms with van der Waals surface area (Å²) in [5, 5.41) is 12.2. The number of carboxylic acid groups (broad SMARTS) is 1. The van der Waals surface area contributed by atoms with E-state index in [1.807, 2.05) is 13.8 Å². The van der Waals surface area contributed by atoms with Crippen LogP contribution >= 0.6 is 11.6 Å². The predicted molar refractivity (Wildman–Crippen MR) is 91.3 cm³/mol. The fourth-order valence-corrected chi connectivity index (χ4v) is 2.16. The molecule has 25 heavy (non-hydrogen) atoms. The maximum Gasteiger partial charge on any atom is 0.410 e. The highest BCUT2D eigenvalue weighted by atomic mass is 35.5. The van der Waals surface area contributed by atoms with Crippen LogP contribution in [0.15, 0.2) is 24.3 Å². The van der Waals surface area contributed by atoms with Crippen molar-refractivity contribution in [1.29, 1.82) is 0 Å². The van der Waals surface area contributed by atoms with Gasteiger partial charge in [0, 0.05) is 18.0 Å². The first kappa shape index (κ1) is 20.8. The molecule has 0 spiro atoms. The Balaban J connectivity index is 2.33. The van der Waals surface area contributed by atoms with E-state index >= 15 is 0 Å². The third kappa shape index (κ3) is 8.39. The van der Waals surface area contributed by atoms with Crippen molar-refractivity contribution in [3.63, 3.8) is 0 Å². The van der Waals surface area contributed by atoms with E-state index in [1.165, 1.54) is 0 Å². The molecule has 1 aromatic rings. The molecule has 1 amide bonds. The Morgan fingerprint density at radius 2 is 1.80 bits per heavy atom. The van der Waals surface area contributed by atoms with E-state index in [0.29, 0.717) is 10.6 Å². The van der Waals surface area contributed by atoms with Crippen LogP contribution < -0.4 is 5.32 Å². The maximum absolute atomic E-state index is 11.5. The number of aliphatic carboxylic acids is 1. The van der Waals surface area contributed by atoms with E-state index in [0.717, 1.165) is 0 Å². The second kappa shape index (κ2) is 10.6. The van der Waals surface area contributed by atoms with Gasteiger partial charge in [-0.2, -0.15) is 0 Å². The molecular weight excluding hydrogens is 350 g/mol. The largest absolute Gasteiger partial charge is 0.481 e. The Morgan fingerprint density at radius 1 is 1.16 bits per heavy atom. The van der Waals surface area contributed by atoms with Crippen LogP contribution in [0.25, 0.3) is 0 Å². The van der Waals surface area contributed by atoms with E-state index in [4.69, 9.17) is 21.1 Å². The molecule has 7 nitrogen and oxygen atoms in total. The monoisotopic (exact) mass is 371 g/mol. The Morgan fingerprint density at radius 3 is 2.36 bits per heavy atom. The summed E-state index contributed by atoms with van der Waals surface area (Å²) in [6.45, 7) is 3.36. The van der Waals surface area contributed by atoms with Crippen LogP contribution in [0, 0.1) is 5.92 Å². The van der Waals surface area contributed by atoms with E-state index in [2.05, 4.69) is 5.32 Å². The van der Waals surface area contributed by atoms with Gasteiger partial charge in [-0.3, -0.25) is 9.59 Å². The van der Waals surface area contributed by atoms with Crippen LogP contribution in [0.1, 0.15) is 38.2 Å². The molecule has 0 aliphatic rings. The van der Waals surface area contributed by atoms with E-state index < -0.39 is 30.7 Å². The summed E-state index contributed by atoms with van der Waals surface area (Å²) in [6, 6.07) is 6.49. The molecule has 0 saturated heterocycles.